The lowest BCUT2D eigenvalue weighted by Crippen LogP contribution is -2.29. The highest BCUT2D eigenvalue weighted by molar-refractivity contribution is 7.90. The van der Waals surface area contributed by atoms with Crippen molar-refractivity contribution in [3.63, 3.8) is 0 Å². The van der Waals surface area contributed by atoms with Crippen LogP contribution in [0, 0.1) is 11.8 Å². The minimum Gasteiger partial charge on any atom is -0.326 e. The molecule has 0 saturated carbocycles. The summed E-state index contributed by atoms with van der Waals surface area (Å²) in [5.74, 6) is -0.461. The van der Waals surface area contributed by atoms with Gasteiger partial charge < -0.3 is 16.0 Å². The Bertz CT molecular complexity index is 2120. The van der Waals surface area contributed by atoms with Gasteiger partial charge in [-0.3, -0.25) is 14.4 Å². The summed E-state index contributed by atoms with van der Waals surface area (Å²) < 4.78 is 77.0. The van der Waals surface area contributed by atoms with E-state index < -0.39 is 30.1 Å². The van der Waals surface area contributed by atoms with Gasteiger partial charge in [-0.15, -0.1) is 0 Å². The first-order chi connectivity index (χ1) is 24.9. The third kappa shape index (κ3) is 9.31. The lowest BCUT2D eigenvalue weighted by atomic mass is 9.91. The zero-order chi connectivity index (χ0) is 39.3. The summed E-state index contributed by atoms with van der Waals surface area (Å²) in [4.78, 5) is 35.6. The van der Waals surface area contributed by atoms with Crippen molar-refractivity contribution < 1.29 is 39.6 Å². The van der Waals surface area contributed by atoms with Crippen molar-refractivity contribution in [2.75, 3.05) is 37.1 Å². The number of anilines is 3. The van der Waals surface area contributed by atoms with Crippen LogP contribution in [0.15, 0.2) is 69.3 Å². The molecule has 15 nitrogen and oxygen atoms in total. The van der Waals surface area contributed by atoms with Crippen LogP contribution in [-0.4, -0.2) is 64.1 Å². The fraction of sp³-hybridized carbons (Fsp3) is 0.400. The molecule has 3 unspecified atom stereocenters. The van der Waals surface area contributed by atoms with Gasteiger partial charge in [0.1, 0.15) is 0 Å². The Morgan fingerprint density at radius 2 is 0.887 bits per heavy atom. The van der Waals surface area contributed by atoms with Gasteiger partial charge in [-0.25, -0.2) is 39.4 Å². The summed E-state index contributed by atoms with van der Waals surface area (Å²) in [6, 6.07) is 14.2. The van der Waals surface area contributed by atoms with Crippen molar-refractivity contribution in [1.29, 1.82) is 0 Å². The van der Waals surface area contributed by atoms with Crippen LogP contribution in [0.2, 0.25) is 0 Å². The molecule has 288 valence electrons. The first kappa shape index (κ1) is 41.6. The van der Waals surface area contributed by atoms with E-state index in [1.807, 2.05) is 20.8 Å². The molecule has 3 atom stereocenters. The molecular formula is C35H46N6O9S3. The maximum absolute atomic E-state index is 11.7. The number of sulfonamides is 3. The predicted molar refractivity (Wildman–Crippen MR) is 202 cm³/mol. The average Bonchev–Trinajstić information content (AvgIpc) is 3.48. The molecule has 0 radical (unpaired) electrons. The molecule has 6 rings (SSSR count). The topological polar surface area (TPSA) is 226 Å². The average molecular weight is 791 g/mol. The van der Waals surface area contributed by atoms with Crippen LogP contribution in [0.25, 0.3) is 0 Å². The van der Waals surface area contributed by atoms with Gasteiger partial charge in [-0.2, -0.15) is 0 Å². The van der Waals surface area contributed by atoms with Crippen molar-refractivity contribution in [2.45, 2.75) is 73.5 Å². The summed E-state index contributed by atoms with van der Waals surface area (Å²) in [5, 5.41) is 8.35. The zero-order valence-electron chi connectivity index (χ0n) is 30.4. The second-order valence-electron chi connectivity index (χ2n) is 12.6. The molecular weight excluding hydrogens is 745 g/mol. The van der Waals surface area contributed by atoms with Gasteiger partial charge in [-0.1, -0.05) is 20.8 Å². The number of amides is 3. The Hall–Kier alpha value is -4.20. The van der Waals surface area contributed by atoms with E-state index in [0.717, 1.165) is 29.5 Å². The molecule has 0 spiro atoms. The number of rotatable bonds is 9. The molecule has 0 bridgehead atoms. The molecule has 3 aromatic rings. The molecule has 3 aliphatic heterocycles. The standard InChI is InChI=1S/2C12H16N2O3S.C11H14N2O3S/c2*1-3-8-6-9-7-10(18(16,17)13-2)4-5-11(9)14-12(8)15;1-3-8-9-6-7(17(15,16)12-2)4-5-10(9)13-11(8)14/h2*4-5,7-8,13H,3,6H2,1-2H3,(H,14,15);4-6,8,12H,3H2,1-2H3,(H,13,14). The summed E-state index contributed by atoms with van der Waals surface area (Å²) in [5.41, 5.74) is 4.63. The summed E-state index contributed by atoms with van der Waals surface area (Å²) in [6.45, 7) is 5.80. The predicted octanol–water partition coefficient (Wildman–Crippen LogP) is 3.27. The highest BCUT2D eigenvalue weighted by Gasteiger charge is 2.31. The van der Waals surface area contributed by atoms with Gasteiger partial charge in [-0.05, 0) is 125 Å². The number of carbonyl (C=O) groups excluding carboxylic acids is 3. The number of fused-ring (bicyclic) bond motifs is 3. The van der Waals surface area contributed by atoms with E-state index in [4.69, 9.17) is 0 Å². The lowest BCUT2D eigenvalue weighted by Gasteiger charge is -2.24. The third-order valence-electron chi connectivity index (χ3n) is 9.45. The van der Waals surface area contributed by atoms with E-state index in [1.165, 1.54) is 39.3 Å². The normalized spacial score (nSPS) is 19.1. The van der Waals surface area contributed by atoms with Crippen LogP contribution < -0.4 is 30.1 Å². The SMILES string of the molecule is CCC1C(=O)Nc2ccc(S(=O)(=O)NC)cc21.CCC1Cc2cc(S(=O)(=O)NC)ccc2NC1=O.CCC1Cc2cc(S(=O)(=O)NC)ccc2NC1=O. The first-order valence-corrected chi connectivity index (χ1v) is 21.5. The Kier molecular flexibility index (Phi) is 13.2. The molecule has 0 aromatic heterocycles. The Morgan fingerprint density at radius 3 is 1.25 bits per heavy atom. The van der Waals surface area contributed by atoms with E-state index in [1.54, 1.807) is 36.4 Å². The number of benzene rings is 3. The maximum atomic E-state index is 11.7. The van der Waals surface area contributed by atoms with Gasteiger partial charge >= 0.3 is 0 Å². The van der Waals surface area contributed by atoms with Crippen LogP contribution in [0.1, 0.15) is 62.6 Å². The molecule has 3 heterocycles. The minimum atomic E-state index is -3.46. The quantitative estimate of drug-likeness (QED) is 0.187. The maximum Gasteiger partial charge on any atom is 0.240 e. The van der Waals surface area contributed by atoms with Gasteiger partial charge in [0.15, 0.2) is 0 Å². The van der Waals surface area contributed by atoms with Crippen molar-refractivity contribution in [3.05, 3.63) is 71.3 Å². The van der Waals surface area contributed by atoms with Gasteiger partial charge in [0.05, 0.1) is 20.6 Å². The van der Waals surface area contributed by atoms with E-state index in [9.17, 15) is 39.6 Å². The lowest BCUT2D eigenvalue weighted by molar-refractivity contribution is -0.121. The van der Waals surface area contributed by atoms with Crippen LogP contribution in [-0.2, 0) is 57.3 Å². The van der Waals surface area contributed by atoms with E-state index >= 15 is 0 Å². The number of nitrogens with one attached hydrogen (secondary N) is 6. The second kappa shape index (κ2) is 16.9. The largest absolute Gasteiger partial charge is 0.326 e. The Morgan fingerprint density at radius 1 is 0.528 bits per heavy atom. The summed E-state index contributed by atoms with van der Waals surface area (Å²) in [7, 11) is -6.20. The molecule has 0 aliphatic carbocycles. The minimum absolute atomic E-state index is 0.00854. The van der Waals surface area contributed by atoms with Gasteiger partial charge in [0.2, 0.25) is 47.8 Å². The summed E-state index contributed by atoms with van der Waals surface area (Å²) in [6.07, 6.45) is 3.32. The monoisotopic (exact) mass is 790 g/mol. The molecule has 3 amide bonds. The fourth-order valence-corrected chi connectivity index (χ4v) is 8.46. The zero-order valence-corrected chi connectivity index (χ0v) is 32.8. The molecule has 6 N–H and O–H groups in total. The van der Waals surface area contributed by atoms with Gasteiger partial charge in [0.25, 0.3) is 0 Å². The molecule has 3 aliphatic rings. The second-order valence-corrected chi connectivity index (χ2v) is 18.2. The highest BCUT2D eigenvalue weighted by Crippen LogP contribution is 2.36. The van der Waals surface area contributed by atoms with E-state index in [0.29, 0.717) is 36.3 Å². The Balaban J connectivity index is 0.000000178. The van der Waals surface area contributed by atoms with Crippen LogP contribution in [0.4, 0.5) is 17.1 Å². The van der Waals surface area contributed by atoms with Gasteiger partial charge in [0, 0.05) is 28.9 Å². The van der Waals surface area contributed by atoms with E-state index in [-0.39, 0.29) is 50.2 Å². The highest BCUT2D eigenvalue weighted by atomic mass is 32.2. The van der Waals surface area contributed by atoms with E-state index in [2.05, 4.69) is 30.1 Å². The number of carbonyl (C=O) groups is 3. The molecule has 18 heteroatoms. The first-order valence-electron chi connectivity index (χ1n) is 17.1. The molecule has 0 fully saturated rings. The number of hydrogen-bond acceptors (Lipinski definition) is 9. The van der Waals surface area contributed by atoms with Crippen molar-refractivity contribution in [3.8, 4) is 0 Å². The van der Waals surface area contributed by atoms with Crippen LogP contribution in [0.3, 0.4) is 0 Å². The van der Waals surface area contributed by atoms with Crippen LogP contribution >= 0.6 is 0 Å². The Labute approximate surface area is 311 Å². The van der Waals surface area contributed by atoms with Crippen molar-refractivity contribution in [1.82, 2.24) is 14.2 Å². The third-order valence-corrected chi connectivity index (χ3v) is 13.7. The molecule has 0 saturated heterocycles. The molecule has 53 heavy (non-hydrogen) atoms. The molecule has 3 aromatic carbocycles. The summed E-state index contributed by atoms with van der Waals surface area (Å²) >= 11 is 0. The smallest absolute Gasteiger partial charge is 0.240 e. The van der Waals surface area contributed by atoms with Crippen LogP contribution in [0.5, 0.6) is 0 Å². The number of hydrogen-bond donors (Lipinski definition) is 6. The van der Waals surface area contributed by atoms with Crippen molar-refractivity contribution in [2.24, 2.45) is 11.8 Å². The van der Waals surface area contributed by atoms with Crippen molar-refractivity contribution >= 4 is 64.9 Å². The fourth-order valence-electron chi connectivity index (χ4n) is 6.13.